The van der Waals surface area contributed by atoms with Gasteiger partial charge in [-0.15, -0.1) is 11.8 Å². The fourth-order valence-corrected chi connectivity index (χ4v) is 2.98. The van der Waals surface area contributed by atoms with Crippen LogP contribution >= 0.6 is 11.8 Å². The predicted octanol–water partition coefficient (Wildman–Crippen LogP) is 2.23. The minimum Gasteiger partial charge on any atom is -0.497 e. The Morgan fingerprint density at radius 2 is 2.05 bits per heavy atom. The minimum atomic E-state index is -0.496. The van der Waals surface area contributed by atoms with Gasteiger partial charge in [-0.1, -0.05) is 12.1 Å². The molecule has 0 fully saturated rings. The molecule has 1 aromatic rings. The van der Waals surface area contributed by atoms with E-state index in [0.717, 1.165) is 11.3 Å². The first-order chi connectivity index (χ1) is 9.69. The third-order valence-corrected chi connectivity index (χ3v) is 4.18. The maximum absolute atomic E-state index is 12.3. The number of amides is 3. The van der Waals surface area contributed by atoms with Crippen LogP contribution in [0.3, 0.4) is 0 Å². The fraction of sp³-hybridized carbons (Fsp3) is 0.214. The molecule has 0 aliphatic carbocycles. The maximum Gasteiger partial charge on any atom is 0.350 e. The van der Waals surface area contributed by atoms with E-state index in [0.29, 0.717) is 5.71 Å². The summed E-state index contributed by atoms with van der Waals surface area (Å²) in [6.45, 7) is 0.232. The molecule has 1 aromatic carbocycles. The molecule has 2 aliphatic heterocycles. The number of ether oxygens (including phenoxy) is 1. The Morgan fingerprint density at radius 3 is 2.75 bits per heavy atom. The van der Waals surface area contributed by atoms with E-state index >= 15 is 0 Å². The van der Waals surface area contributed by atoms with E-state index in [1.807, 2.05) is 12.1 Å². The van der Waals surface area contributed by atoms with Gasteiger partial charge >= 0.3 is 6.03 Å². The second kappa shape index (κ2) is 5.13. The van der Waals surface area contributed by atoms with Gasteiger partial charge in [-0.25, -0.2) is 4.79 Å². The number of carbonyl (C=O) groups excluding carboxylic acids is 2. The maximum atomic E-state index is 12.3. The first-order valence-electron chi connectivity index (χ1n) is 6.08. The Labute approximate surface area is 120 Å². The van der Waals surface area contributed by atoms with E-state index in [1.54, 1.807) is 30.7 Å². The molecule has 1 atom stereocenters. The fourth-order valence-electron chi connectivity index (χ4n) is 2.09. The summed E-state index contributed by atoms with van der Waals surface area (Å²) >= 11 is 1.38. The number of rotatable bonds is 3. The highest BCUT2D eigenvalue weighted by atomic mass is 32.2. The van der Waals surface area contributed by atoms with Gasteiger partial charge in [0.15, 0.2) is 0 Å². The van der Waals surface area contributed by atoms with Gasteiger partial charge in [-0.2, -0.15) is 4.99 Å². The number of hydrogen-bond donors (Lipinski definition) is 0. The standard InChI is InChI=1S/C14H12N2O3S/c1-19-10-4-2-9(3-5-10)8-16-13(17)12-11(6-7-20-12)15-14(16)18/h2-7,12H,8H2,1H3. The van der Waals surface area contributed by atoms with Crippen LogP contribution < -0.4 is 4.74 Å². The molecule has 102 valence electrons. The largest absolute Gasteiger partial charge is 0.497 e. The van der Waals surface area contributed by atoms with Gasteiger partial charge in [-0.05, 0) is 29.2 Å². The molecule has 2 aliphatic rings. The number of nitrogens with zero attached hydrogens (tertiary/aromatic N) is 2. The zero-order chi connectivity index (χ0) is 14.1. The zero-order valence-corrected chi connectivity index (χ0v) is 11.6. The first kappa shape index (κ1) is 12.9. The lowest BCUT2D eigenvalue weighted by Crippen LogP contribution is -2.46. The molecule has 5 nitrogen and oxygen atoms in total. The normalized spacial score (nSPS) is 20.9. The van der Waals surface area contributed by atoms with Crippen LogP contribution in [0.25, 0.3) is 0 Å². The smallest absolute Gasteiger partial charge is 0.350 e. The van der Waals surface area contributed by atoms with Crippen molar-refractivity contribution in [3.63, 3.8) is 0 Å². The number of urea groups is 1. The first-order valence-corrected chi connectivity index (χ1v) is 7.02. The van der Waals surface area contributed by atoms with Crippen molar-refractivity contribution in [2.75, 3.05) is 7.11 Å². The Balaban J connectivity index is 1.80. The van der Waals surface area contributed by atoms with Crippen LogP contribution in [0, 0.1) is 0 Å². The highest BCUT2D eigenvalue weighted by Gasteiger charge is 2.38. The summed E-state index contributed by atoms with van der Waals surface area (Å²) in [6, 6.07) is 6.77. The van der Waals surface area contributed by atoms with Gasteiger partial charge in [0, 0.05) is 0 Å². The Morgan fingerprint density at radius 1 is 1.30 bits per heavy atom. The Kier molecular flexibility index (Phi) is 3.31. The second-order valence-corrected chi connectivity index (χ2v) is 5.43. The number of hydrogen-bond acceptors (Lipinski definition) is 4. The molecular weight excluding hydrogens is 276 g/mol. The lowest BCUT2D eigenvalue weighted by atomic mass is 10.1. The number of allylic oxidation sites excluding steroid dienone is 1. The molecular formula is C14H12N2O3S. The van der Waals surface area contributed by atoms with Crippen LogP contribution in [0.15, 0.2) is 40.7 Å². The van der Waals surface area contributed by atoms with Crippen LogP contribution in [0.5, 0.6) is 5.75 Å². The van der Waals surface area contributed by atoms with Gasteiger partial charge < -0.3 is 4.74 Å². The number of methoxy groups -OCH3 is 1. The SMILES string of the molecule is COc1ccc(CN2C(=O)N=C3C=CSC3C2=O)cc1. The molecule has 2 heterocycles. The van der Waals surface area contributed by atoms with Crippen molar-refractivity contribution >= 4 is 29.4 Å². The molecule has 0 saturated carbocycles. The molecule has 0 spiro atoms. The van der Waals surface area contributed by atoms with Crippen molar-refractivity contribution < 1.29 is 14.3 Å². The number of benzene rings is 1. The lowest BCUT2D eigenvalue weighted by molar-refractivity contribution is -0.127. The van der Waals surface area contributed by atoms with E-state index in [-0.39, 0.29) is 17.7 Å². The van der Waals surface area contributed by atoms with Gasteiger partial charge in [0.25, 0.3) is 5.91 Å². The molecule has 6 heteroatoms. The summed E-state index contributed by atoms with van der Waals surface area (Å²) < 4.78 is 5.08. The number of carbonyl (C=O) groups is 2. The van der Waals surface area contributed by atoms with Crippen molar-refractivity contribution in [3.8, 4) is 5.75 Å². The van der Waals surface area contributed by atoms with E-state index in [9.17, 15) is 9.59 Å². The summed E-state index contributed by atoms with van der Waals surface area (Å²) in [4.78, 5) is 29.4. The number of thioether (sulfide) groups is 1. The predicted molar refractivity (Wildman–Crippen MR) is 76.9 cm³/mol. The molecule has 20 heavy (non-hydrogen) atoms. The second-order valence-electron chi connectivity index (χ2n) is 4.41. The highest BCUT2D eigenvalue weighted by molar-refractivity contribution is 8.04. The molecule has 0 radical (unpaired) electrons. The van der Waals surface area contributed by atoms with Gasteiger partial charge in [0.05, 0.1) is 19.4 Å². The lowest BCUT2D eigenvalue weighted by Gasteiger charge is -2.26. The number of fused-ring (bicyclic) bond motifs is 1. The highest BCUT2D eigenvalue weighted by Crippen LogP contribution is 2.28. The third kappa shape index (κ3) is 2.22. The van der Waals surface area contributed by atoms with Crippen LogP contribution in [0.2, 0.25) is 0 Å². The van der Waals surface area contributed by atoms with Gasteiger partial charge in [0.1, 0.15) is 11.0 Å². The number of imide groups is 1. The van der Waals surface area contributed by atoms with Crippen molar-refractivity contribution in [1.29, 1.82) is 0 Å². The van der Waals surface area contributed by atoms with Crippen molar-refractivity contribution in [2.45, 2.75) is 11.8 Å². The summed E-state index contributed by atoms with van der Waals surface area (Å²) in [5, 5.41) is 1.43. The van der Waals surface area contributed by atoms with Crippen molar-refractivity contribution in [1.82, 2.24) is 4.90 Å². The summed E-state index contributed by atoms with van der Waals surface area (Å²) in [5.41, 5.74) is 1.41. The summed E-state index contributed by atoms with van der Waals surface area (Å²) in [6.07, 6.45) is 1.72. The van der Waals surface area contributed by atoms with Crippen molar-refractivity contribution in [3.05, 3.63) is 41.3 Å². The van der Waals surface area contributed by atoms with Gasteiger partial charge in [-0.3, -0.25) is 9.69 Å². The van der Waals surface area contributed by atoms with Crippen LogP contribution in [-0.4, -0.2) is 34.9 Å². The van der Waals surface area contributed by atoms with E-state index < -0.39 is 6.03 Å². The van der Waals surface area contributed by atoms with E-state index in [2.05, 4.69) is 4.99 Å². The molecule has 0 saturated heterocycles. The van der Waals surface area contributed by atoms with Gasteiger partial charge in [0.2, 0.25) is 0 Å². The number of aliphatic imine (C=N–C) groups is 1. The average molecular weight is 288 g/mol. The molecule has 1 unspecified atom stereocenters. The zero-order valence-electron chi connectivity index (χ0n) is 10.8. The monoisotopic (exact) mass is 288 g/mol. The molecule has 0 bridgehead atoms. The minimum absolute atomic E-state index is 0.203. The summed E-state index contributed by atoms with van der Waals surface area (Å²) in [7, 11) is 1.59. The quantitative estimate of drug-likeness (QED) is 0.855. The summed E-state index contributed by atoms with van der Waals surface area (Å²) in [5.74, 6) is 0.534. The van der Waals surface area contributed by atoms with Crippen molar-refractivity contribution in [2.24, 2.45) is 4.99 Å². The molecule has 3 rings (SSSR count). The van der Waals surface area contributed by atoms with Crippen LogP contribution in [0.1, 0.15) is 5.56 Å². The van der Waals surface area contributed by atoms with Crippen LogP contribution in [0.4, 0.5) is 4.79 Å². The van der Waals surface area contributed by atoms with Crippen LogP contribution in [-0.2, 0) is 11.3 Å². The molecule has 0 aromatic heterocycles. The average Bonchev–Trinajstić information content (AvgIpc) is 2.92. The van der Waals surface area contributed by atoms with E-state index in [1.165, 1.54) is 16.7 Å². The Hall–Kier alpha value is -2.08. The molecule has 0 N–H and O–H groups in total. The Bertz CT molecular complexity index is 622. The third-order valence-electron chi connectivity index (χ3n) is 3.17. The van der Waals surface area contributed by atoms with E-state index in [4.69, 9.17) is 4.74 Å². The topological polar surface area (TPSA) is 59.0 Å². The molecule has 3 amide bonds.